The summed E-state index contributed by atoms with van der Waals surface area (Å²) in [5.74, 6) is -0.220. The second-order valence-corrected chi connectivity index (χ2v) is 3.46. The molecule has 1 rings (SSSR count). The van der Waals surface area contributed by atoms with E-state index in [0.717, 1.165) is 6.42 Å². The van der Waals surface area contributed by atoms with Gasteiger partial charge in [0.1, 0.15) is 11.6 Å². The van der Waals surface area contributed by atoms with Gasteiger partial charge in [-0.15, -0.1) is 0 Å². The molecular weight excluding hydrogens is 211 g/mol. The highest BCUT2D eigenvalue weighted by Crippen LogP contribution is 2.21. The molecule has 1 unspecified atom stereocenters. The van der Waals surface area contributed by atoms with Crippen LogP contribution >= 0.6 is 0 Å². The molecule has 1 aromatic carbocycles. The molecule has 0 aromatic heterocycles. The van der Waals surface area contributed by atoms with Crippen LogP contribution in [0.1, 0.15) is 25.8 Å². The van der Waals surface area contributed by atoms with E-state index in [0.29, 0.717) is 5.75 Å². The highest BCUT2D eigenvalue weighted by atomic mass is 19.1. The summed E-state index contributed by atoms with van der Waals surface area (Å²) >= 11 is 0. The summed E-state index contributed by atoms with van der Waals surface area (Å²) in [6.45, 7) is 3.86. The van der Waals surface area contributed by atoms with E-state index in [-0.39, 0.29) is 17.5 Å². The molecule has 16 heavy (non-hydrogen) atoms. The zero-order chi connectivity index (χ0) is 12.1. The number of halogens is 1. The van der Waals surface area contributed by atoms with Crippen molar-refractivity contribution in [3.63, 3.8) is 0 Å². The standard InChI is InChI=1S/C11H15FN2O2/c1-3-7(2)16-10-5-4-8(12)6-9(10)11(13)14-15/h4-7,15H,3H2,1-2H3,(H2,13,14). The Morgan fingerprint density at radius 1 is 1.62 bits per heavy atom. The van der Waals surface area contributed by atoms with Crippen LogP contribution in [0.2, 0.25) is 0 Å². The highest BCUT2D eigenvalue weighted by molar-refractivity contribution is 5.99. The quantitative estimate of drug-likeness (QED) is 0.357. The number of nitrogens with zero attached hydrogens (tertiary/aromatic N) is 1. The number of amidine groups is 1. The predicted octanol–water partition coefficient (Wildman–Crippen LogP) is 2.10. The first-order chi connectivity index (χ1) is 7.58. The number of rotatable bonds is 4. The second kappa shape index (κ2) is 5.34. The summed E-state index contributed by atoms with van der Waals surface area (Å²) in [4.78, 5) is 0. The fraction of sp³-hybridized carbons (Fsp3) is 0.364. The van der Waals surface area contributed by atoms with Crippen molar-refractivity contribution >= 4 is 5.84 Å². The van der Waals surface area contributed by atoms with Gasteiger partial charge in [-0.3, -0.25) is 0 Å². The molecular formula is C11H15FN2O2. The number of nitrogens with two attached hydrogens (primary N) is 1. The van der Waals surface area contributed by atoms with Crippen molar-refractivity contribution in [2.75, 3.05) is 0 Å². The average molecular weight is 226 g/mol. The Labute approximate surface area is 93.5 Å². The van der Waals surface area contributed by atoms with Gasteiger partial charge >= 0.3 is 0 Å². The van der Waals surface area contributed by atoms with Gasteiger partial charge in [0.15, 0.2) is 5.84 Å². The van der Waals surface area contributed by atoms with E-state index in [1.807, 2.05) is 13.8 Å². The van der Waals surface area contributed by atoms with Gasteiger partial charge < -0.3 is 15.7 Å². The molecule has 0 aliphatic rings. The maximum atomic E-state index is 13.0. The van der Waals surface area contributed by atoms with E-state index in [9.17, 15) is 4.39 Å². The van der Waals surface area contributed by atoms with Crippen LogP contribution in [-0.2, 0) is 0 Å². The topological polar surface area (TPSA) is 67.8 Å². The average Bonchev–Trinajstić information content (AvgIpc) is 2.30. The zero-order valence-electron chi connectivity index (χ0n) is 9.27. The minimum Gasteiger partial charge on any atom is -0.490 e. The molecule has 0 aliphatic carbocycles. The van der Waals surface area contributed by atoms with E-state index in [1.54, 1.807) is 0 Å². The molecule has 0 fully saturated rings. The Morgan fingerprint density at radius 3 is 2.88 bits per heavy atom. The van der Waals surface area contributed by atoms with E-state index < -0.39 is 5.82 Å². The first-order valence-corrected chi connectivity index (χ1v) is 5.02. The molecule has 0 aliphatic heterocycles. The second-order valence-electron chi connectivity index (χ2n) is 3.46. The maximum Gasteiger partial charge on any atom is 0.173 e. The van der Waals surface area contributed by atoms with Crippen LogP contribution in [0.5, 0.6) is 5.75 Å². The molecule has 0 amide bonds. The van der Waals surface area contributed by atoms with Crippen molar-refractivity contribution in [2.45, 2.75) is 26.4 Å². The van der Waals surface area contributed by atoms with Crippen LogP contribution in [0.4, 0.5) is 4.39 Å². The van der Waals surface area contributed by atoms with Crippen LogP contribution in [-0.4, -0.2) is 17.1 Å². The number of hydrogen-bond donors (Lipinski definition) is 2. The molecule has 88 valence electrons. The van der Waals surface area contributed by atoms with Gasteiger partial charge in [-0.2, -0.15) is 0 Å². The molecule has 5 heteroatoms. The third-order valence-electron chi connectivity index (χ3n) is 2.23. The van der Waals surface area contributed by atoms with Crippen LogP contribution in [0.15, 0.2) is 23.4 Å². The largest absolute Gasteiger partial charge is 0.490 e. The Bertz CT molecular complexity index is 394. The first-order valence-electron chi connectivity index (χ1n) is 5.02. The molecule has 1 aromatic rings. The first kappa shape index (κ1) is 12.3. The van der Waals surface area contributed by atoms with Gasteiger partial charge in [0.25, 0.3) is 0 Å². The maximum absolute atomic E-state index is 13.0. The molecule has 0 heterocycles. The number of hydrogen-bond acceptors (Lipinski definition) is 3. The molecule has 0 spiro atoms. The SMILES string of the molecule is CCC(C)Oc1ccc(F)cc1C(N)=NO. The number of benzene rings is 1. The lowest BCUT2D eigenvalue weighted by Gasteiger charge is -2.15. The molecule has 1 atom stereocenters. The lowest BCUT2D eigenvalue weighted by Crippen LogP contribution is -2.18. The fourth-order valence-electron chi connectivity index (χ4n) is 1.16. The van der Waals surface area contributed by atoms with Crippen LogP contribution < -0.4 is 10.5 Å². The normalized spacial score (nSPS) is 13.6. The van der Waals surface area contributed by atoms with Gasteiger partial charge in [0.05, 0.1) is 11.7 Å². The van der Waals surface area contributed by atoms with Crippen LogP contribution in [0, 0.1) is 5.82 Å². The van der Waals surface area contributed by atoms with Crippen molar-refractivity contribution in [1.29, 1.82) is 0 Å². The monoisotopic (exact) mass is 226 g/mol. The molecule has 4 nitrogen and oxygen atoms in total. The van der Waals surface area contributed by atoms with Gasteiger partial charge in [0.2, 0.25) is 0 Å². The molecule has 3 N–H and O–H groups in total. The molecule has 0 bridgehead atoms. The Morgan fingerprint density at radius 2 is 2.31 bits per heavy atom. The van der Waals surface area contributed by atoms with E-state index in [1.165, 1.54) is 18.2 Å². The summed E-state index contributed by atoms with van der Waals surface area (Å²) in [7, 11) is 0. The Balaban J connectivity index is 3.08. The summed E-state index contributed by atoms with van der Waals surface area (Å²) in [5.41, 5.74) is 5.69. The summed E-state index contributed by atoms with van der Waals surface area (Å²) < 4.78 is 18.5. The lowest BCUT2D eigenvalue weighted by molar-refractivity contribution is 0.216. The van der Waals surface area contributed by atoms with Crippen LogP contribution in [0.25, 0.3) is 0 Å². The van der Waals surface area contributed by atoms with Crippen molar-refractivity contribution in [3.8, 4) is 5.75 Å². The van der Waals surface area contributed by atoms with Crippen molar-refractivity contribution in [2.24, 2.45) is 10.9 Å². The molecule has 0 saturated heterocycles. The number of ether oxygens (including phenoxy) is 1. The summed E-state index contributed by atoms with van der Waals surface area (Å²) in [6.07, 6.45) is 0.795. The van der Waals surface area contributed by atoms with Crippen LogP contribution in [0.3, 0.4) is 0 Å². The smallest absolute Gasteiger partial charge is 0.173 e. The molecule has 0 saturated carbocycles. The van der Waals surface area contributed by atoms with E-state index >= 15 is 0 Å². The van der Waals surface area contributed by atoms with E-state index in [2.05, 4.69) is 5.16 Å². The Hall–Kier alpha value is -1.78. The van der Waals surface area contributed by atoms with Crippen molar-refractivity contribution in [3.05, 3.63) is 29.6 Å². The highest BCUT2D eigenvalue weighted by Gasteiger charge is 2.11. The predicted molar refractivity (Wildman–Crippen MR) is 59.3 cm³/mol. The minimum atomic E-state index is -0.460. The summed E-state index contributed by atoms with van der Waals surface area (Å²) in [5, 5.41) is 11.4. The fourth-order valence-corrected chi connectivity index (χ4v) is 1.16. The molecule has 0 radical (unpaired) electrons. The van der Waals surface area contributed by atoms with Gasteiger partial charge in [0, 0.05) is 0 Å². The Kier molecular flexibility index (Phi) is 4.10. The lowest BCUT2D eigenvalue weighted by atomic mass is 10.1. The summed E-state index contributed by atoms with van der Waals surface area (Å²) in [6, 6.07) is 3.91. The number of oxime groups is 1. The zero-order valence-corrected chi connectivity index (χ0v) is 9.27. The van der Waals surface area contributed by atoms with Crippen molar-refractivity contribution in [1.82, 2.24) is 0 Å². The van der Waals surface area contributed by atoms with E-state index in [4.69, 9.17) is 15.7 Å². The van der Waals surface area contributed by atoms with Gasteiger partial charge in [-0.05, 0) is 31.5 Å². The third kappa shape index (κ3) is 2.85. The van der Waals surface area contributed by atoms with Crippen molar-refractivity contribution < 1.29 is 14.3 Å². The minimum absolute atomic E-state index is 0.0179. The van der Waals surface area contributed by atoms with Gasteiger partial charge in [-0.1, -0.05) is 12.1 Å². The third-order valence-corrected chi connectivity index (χ3v) is 2.23. The van der Waals surface area contributed by atoms with Gasteiger partial charge in [-0.25, -0.2) is 4.39 Å².